The number of ether oxygens (including phenoxy) is 1. The minimum absolute atomic E-state index is 0.0973. The number of hydrazone groups is 1. The lowest BCUT2D eigenvalue weighted by molar-refractivity contribution is -0.384. The predicted molar refractivity (Wildman–Crippen MR) is 104 cm³/mol. The maximum absolute atomic E-state index is 12.0. The maximum Gasteiger partial charge on any atom is 0.353 e. The van der Waals surface area contributed by atoms with Crippen LogP contribution < -0.4 is 10.2 Å². The van der Waals surface area contributed by atoms with Crippen LogP contribution in [-0.4, -0.2) is 23.0 Å². The zero-order valence-corrected chi connectivity index (χ0v) is 15.1. The number of nitro benzene ring substituents is 1. The third kappa shape index (κ3) is 4.86. The molecule has 0 atom stereocenters. The van der Waals surface area contributed by atoms with E-state index in [1.54, 1.807) is 41.8 Å². The van der Waals surface area contributed by atoms with Crippen molar-refractivity contribution in [2.75, 3.05) is 0 Å². The minimum Gasteiger partial charge on any atom is -0.422 e. The summed E-state index contributed by atoms with van der Waals surface area (Å²) in [6.45, 7) is 0. The number of nitro groups is 1. The van der Waals surface area contributed by atoms with Crippen molar-refractivity contribution in [3.8, 4) is 5.75 Å². The molecule has 3 aromatic rings. The lowest BCUT2D eigenvalue weighted by Gasteiger charge is -2.03. The van der Waals surface area contributed by atoms with E-state index >= 15 is 0 Å². The Kier molecular flexibility index (Phi) is 5.87. The van der Waals surface area contributed by atoms with Crippen molar-refractivity contribution in [1.29, 1.82) is 0 Å². The van der Waals surface area contributed by atoms with Gasteiger partial charge in [0.25, 0.3) is 11.6 Å². The Morgan fingerprint density at radius 3 is 2.39 bits per heavy atom. The summed E-state index contributed by atoms with van der Waals surface area (Å²) in [7, 11) is 0. The number of carbonyl (C=O) groups is 2. The van der Waals surface area contributed by atoms with Gasteiger partial charge in [0.15, 0.2) is 0 Å². The third-order valence-corrected chi connectivity index (χ3v) is 4.38. The Bertz CT molecular complexity index is 1010. The smallest absolute Gasteiger partial charge is 0.353 e. The van der Waals surface area contributed by atoms with Gasteiger partial charge in [0.2, 0.25) is 0 Å². The van der Waals surface area contributed by atoms with Crippen LogP contribution in [0.15, 0.2) is 71.1 Å². The van der Waals surface area contributed by atoms with Crippen molar-refractivity contribution < 1.29 is 19.2 Å². The molecule has 3 rings (SSSR count). The standard InChI is InChI=1S/C19H13N3O5S/c23-18(14-5-7-15(8-6-14)22(25)26)21-20-12-13-3-9-16(10-4-13)27-19(24)17-2-1-11-28-17/h1-12H,(H,21,23)/b20-12-. The number of nitrogens with one attached hydrogen (secondary N) is 1. The Morgan fingerprint density at radius 1 is 1.07 bits per heavy atom. The summed E-state index contributed by atoms with van der Waals surface area (Å²) in [5, 5.41) is 16.2. The van der Waals surface area contributed by atoms with Gasteiger partial charge in [0.05, 0.1) is 11.1 Å². The number of hydrogen-bond donors (Lipinski definition) is 1. The van der Waals surface area contributed by atoms with Gasteiger partial charge in [-0.05, 0) is 53.4 Å². The number of esters is 1. The Hall–Kier alpha value is -3.85. The third-order valence-electron chi connectivity index (χ3n) is 3.53. The molecular weight excluding hydrogens is 382 g/mol. The first-order valence-corrected chi connectivity index (χ1v) is 8.84. The number of thiophene rings is 1. The molecular formula is C19H13N3O5S. The maximum atomic E-state index is 12.0. The lowest BCUT2D eigenvalue weighted by Crippen LogP contribution is -2.17. The second-order valence-corrected chi connectivity index (χ2v) is 6.39. The normalized spacial score (nSPS) is 10.6. The Balaban J connectivity index is 1.54. The second kappa shape index (κ2) is 8.69. The fourth-order valence-electron chi connectivity index (χ4n) is 2.14. The average Bonchev–Trinajstić information content (AvgIpc) is 3.24. The van der Waals surface area contributed by atoms with Gasteiger partial charge < -0.3 is 4.74 Å². The van der Waals surface area contributed by atoms with Gasteiger partial charge in [-0.3, -0.25) is 14.9 Å². The Morgan fingerprint density at radius 2 is 1.79 bits per heavy atom. The zero-order chi connectivity index (χ0) is 19.9. The summed E-state index contributed by atoms with van der Waals surface area (Å²) in [6.07, 6.45) is 1.42. The molecule has 0 bridgehead atoms. The number of carbonyl (C=O) groups excluding carboxylic acids is 2. The summed E-state index contributed by atoms with van der Waals surface area (Å²) >= 11 is 1.30. The van der Waals surface area contributed by atoms with Crippen molar-refractivity contribution in [3.05, 3.63) is 92.2 Å². The number of hydrogen-bond acceptors (Lipinski definition) is 7. The van der Waals surface area contributed by atoms with Crippen LogP contribution in [0.3, 0.4) is 0 Å². The largest absolute Gasteiger partial charge is 0.422 e. The molecule has 1 N–H and O–H groups in total. The van der Waals surface area contributed by atoms with E-state index < -0.39 is 16.8 Å². The van der Waals surface area contributed by atoms with E-state index in [9.17, 15) is 19.7 Å². The molecule has 0 saturated carbocycles. The molecule has 0 aliphatic carbocycles. The van der Waals surface area contributed by atoms with Gasteiger partial charge in [0, 0.05) is 17.7 Å². The second-order valence-electron chi connectivity index (χ2n) is 5.44. The van der Waals surface area contributed by atoms with Gasteiger partial charge >= 0.3 is 5.97 Å². The topological polar surface area (TPSA) is 111 Å². The van der Waals surface area contributed by atoms with Crippen LogP contribution >= 0.6 is 11.3 Å². The first-order valence-electron chi connectivity index (χ1n) is 7.96. The van der Waals surface area contributed by atoms with Gasteiger partial charge in [-0.25, -0.2) is 10.2 Å². The van der Waals surface area contributed by atoms with Crippen LogP contribution in [0.5, 0.6) is 5.75 Å². The number of amides is 1. The number of non-ortho nitro benzene ring substituents is 1. The molecule has 0 radical (unpaired) electrons. The van der Waals surface area contributed by atoms with E-state index in [2.05, 4.69) is 10.5 Å². The van der Waals surface area contributed by atoms with Gasteiger partial charge in [-0.1, -0.05) is 6.07 Å². The molecule has 9 heteroatoms. The molecule has 0 fully saturated rings. The van der Waals surface area contributed by atoms with E-state index in [-0.39, 0.29) is 11.3 Å². The van der Waals surface area contributed by atoms with Crippen molar-refractivity contribution in [1.82, 2.24) is 5.43 Å². The van der Waals surface area contributed by atoms with E-state index in [1.165, 1.54) is 41.8 Å². The van der Waals surface area contributed by atoms with Gasteiger partial charge in [-0.2, -0.15) is 5.10 Å². The summed E-state index contributed by atoms with van der Waals surface area (Å²) in [5.41, 5.74) is 3.17. The predicted octanol–water partition coefficient (Wildman–Crippen LogP) is 3.64. The van der Waals surface area contributed by atoms with Crippen molar-refractivity contribution in [2.45, 2.75) is 0 Å². The molecule has 0 saturated heterocycles. The summed E-state index contributed by atoms with van der Waals surface area (Å²) in [4.78, 5) is 34.4. The highest BCUT2D eigenvalue weighted by molar-refractivity contribution is 7.12. The van der Waals surface area contributed by atoms with Crippen LogP contribution in [0.25, 0.3) is 0 Å². The van der Waals surface area contributed by atoms with E-state index in [4.69, 9.17) is 4.74 Å². The monoisotopic (exact) mass is 395 g/mol. The zero-order valence-electron chi connectivity index (χ0n) is 14.3. The summed E-state index contributed by atoms with van der Waals surface area (Å²) < 4.78 is 5.25. The van der Waals surface area contributed by atoms with Crippen LogP contribution in [0.1, 0.15) is 25.6 Å². The highest BCUT2D eigenvalue weighted by atomic mass is 32.1. The number of rotatable bonds is 6. The molecule has 1 aromatic heterocycles. The summed E-state index contributed by atoms with van der Waals surface area (Å²) in [5.74, 6) is -0.523. The van der Waals surface area contributed by atoms with E-state index in [0.717, 1.165) is 0 Å². The first kappa shape index (κ1) is 18.9. The van der Waals surface area contributed by atoms with Gasteiger partial charge in [-0.15, -0.1) is 11.3 Å². The molecule has 28 heavy (non-hydrogen) atoms. The minimum atomic E-state index is -0.540. The van der Waals surface area contributed by atoms with Crippen molar-refractivity contribution >= 4 is 35.1 Å². The fraction of sp³-hybridized carbons (Fsp3) is 0. The quantitative estimate of drug-likeness (QED) is 0.225. The Labute approximate surface area is 163 Å². The lowest BCUT2D eigenvalue weighted by atomic mass is 10.2. The van der Waals surface area contributed by atoms with Gasteiger partial charge in [0.1, 0.15) is 10.6 Å². The average molecular weight is 395 g/mol. The molecule has 0 aliphatic rings. The van der Waals surface area contributed by atoms with Crippen LogP contribution in [0.2, 0.25) is 0 Å². The van der Waals surface area contributed by atoms with Crippen LogP contribution in [0, 0.1) is 10.1 Å². The molecule has 1 amide bonds. The highest BCUT2D eigenvalue weighted by Gasteiger charge is 2.10. The molecule has 2 aromatic carbocycles. The van der Waals surface area contributed by atoms with Crippen molar-refractivity contribution in [2.24, 2.45) is 5.10 Å². The van der Waals surface area contributed by atoms with E-state index in [1.807, 2.05) is 0 Å². The molecule has 8 nitrogen and oxygen atoms in total. The molecule has 0 spiro atoms. The van der Waals surface area contributed by atoms with Crippen LogP contribution in [0.4, 0.5) is 5.69 Å². The van der Waals surface area contributed by atoms with E-state index in [0.29, 0.717) is 16.2 Å². The molecule has 140 valence electrons. The highest BCUT2D eigenvalue weighted by Crippen LogP contribution is 2.16. The number of nitrogens with zero attached hydrogens (tertiary/aromatic N) is 2. The SMILES string of the molecule is O=C(N/N=C\c1ccc(OC(=O)c2cccs2)cc1)c1ccc([N+](=O)[O-])cc1. The first-order chi connectivity index (χ1) is 13.5. The van der Waals surface area contributed by atoms with Crippen LogP contribution in [-0.2, 0) is 0 Å². The summed E-state index contributed by atoms with van der Waals surface area (Å²) in [6, 6.07) is 15.2. The number of benzene rings is 2. The molecule has 0 aliphatic heterocycles. The molecule has 0 unspecified atom stereocenters. The van der Waals surface area contributed by atoms with Crippen molar-refractivity contribution in [3.63, 3.8) is 0 Å². The fourth-order valence-corrected chi connectivity index (χ4v) is 2.74. The molecule has 1 heterocycles.